The first-order valence-corrected chi connectivity index (χ1v) is 19.8. The molecule has 0 spiro atoms. The van der Waals surface area contributed by atoms with Crippen LogP contribution in [0.25, 0.3) is 127 Å². The Kier molecular flexibility index (Phi) is 6.63. The van der Waals surface area contributed by atoms with Gasteiger partial charge in [-0.2, -0.15) is 0 Å². The second-order valence-corrected chi connectivity index (χ2v) is 15.2. The Bertz CT molecular complexity index is 3760. The minimum atomic E-state index is 0.536. The predicted octanol–water partition coefficient (Wildman–Crippen LogP) is 14.1. The molecule has 0 radical (unpaired) electrons. The molecule has 13 aromatic rings. The van der Waals surface area contributed by atoms with Gasteiger partial charge in [-0.3, -0.25) is 0 Å². The molecule has 13 rings (SSSR count). The fraction of sp³-hybridized carbons (Fsp3) is 0. The smallest absolute Gasteiger partial charge is 0.167 e. The number of aromatic nitrogens is 4. The Balaban J connectivity index is 1.07. The van der Waals surface area contributed by atoms with Crippen molar-refractivity contribution in [2.45, 2.75) is 0 Å². The van der Waals surface area contributed by atoms with Crippen molar-refractivity contribution in [3.05, 3.63) is 182 Å². The molecule has 0 fully saturated rings. The topological polar surface area (TPSA) is 69.9 Å². The zero-order chi connectivity index (χ0) is 38.6. The van der Waals surface area contributed by atoms with E-state index in [0.717, 1.165) is 77.3 Å². The molecule has 0 saturated heterocycles. The van der Waals surface area contributed by atoms with E-state index in [-0.39, 0.29) is 0 Å². The van der Waals surface area contributed by atoms with Crippen LogP contribution in [0.1, 0.15) is 0 Å². The first-order chi connectivity index (χ1) is 29.2. The summed E-state index contributed by atoms with van der Waals surface area (Å²) in [4.78, 5) is 15.5. The lowest BCUT2D eigenvalue weighted by Crippen LogP contribution is -2.00. The van der Waals surface area contributed by atoms with Gasteiger partial charge < -0.3 is 13.4 Å². The molecule has 0 atom stereocenters. The van der Waals surface area contributed by atoms with Crippen LogP contribution in [0.5, 0.6) is 0 Å². The van der Waals surface area contributed by atoms with E-state index in [0.29, 0.717) is 17.5 Å². The van der Waals surface area contributed by atoms with Crippen molar-refractivity contribution in [2.24, 2.45) is 0 Å². The molecular weight excluding hydrogens is 725 g/mol. The first-order valence-electron chi connectivity index (χ1n) is 19.8. The van der Waals surface area contributed by atoms with Crippen molar-refractivity contribution < 1.29 is 8.83 Å². The molecule has 0 saturated carbocycles. The lowest BCUT2D eigenvalue weighted by molar-refractivity contribution is 0.668. The van der Waals surface area contributed by atoms with Crippen molar-refractivity contribution in [1.29, 1.82) is 0 Å². The van der Waals surface area contributed by atoms with Gasteiger partial charge in [0.05, 0.1) is 16.6 Å². The molecule has 0 aliphatic carbocycles. The quantitative estimate of drug-likeness (QED) is 0.179. The number of hydrogen-bond acceptors (Lipinski definition) is 5. The Hall–Kier alpha value is -8.09. The molecule has 0 bridgehead atoms. The number of furan rings is 2. The summed E-state index contributed by atoms with van der Waals surface area (Å²) in [6, 6.07) is 63.4. The normalized spacial score (nSPS) is 12.1. The summed E-state index contributed by atoms with van der Waals surface area (Å²) in [5.74, 6) is 1.66. The maximum absolute atomic E-state index is 6.60. The van der Waals surface area contributed by atoms with Gasteiger partial charge in [0.2, 0.25) is 0 Å². The van der Waals surface area contributed by atoms with E-state index >= 15 is 0 Å². The van der Waals surface area contributed by atoms with Crippen LogP contribution in [0.4, 0.5) is 0 Å². The van der Waals surface area contributed by atoms with Crippen LogP contribution >= 0.6 is 0 Å². The molecule has 0 unspecified atom stereocenters. The molecule has 0 aliphatic rings. The molecule has 4 aromatic heterocycles. The van der Waals surface area contributed by atoms with Gasteiger partial charge in [-0.15, -0.1) is 0 Å². The second-order valence-electron chi connectivity index (χ2n) is 15.2. The molecule has 0 N–H and O–H groups in total. The molecule has 4 heterocycles. The fourth-order valence-electron chi connectivity index (χ4n) is 9.06. The van der Waals surface area contributed by atoms with E-state index in [9.17, 15) is 0 Å². The van der Waals surface area contributed by atoms with E-state index in [1.807, 2.05) is 72.8 Å². The average molecular weight is 755 g/mol. The predicted molar refractivity (Wildman–Crippen MR) is 240 cm³/mol. The monoisotopic (exact) mass is 754 g/mol. The third-order valence-corrected chi connectivity index (χ3v) is 11.8. The molecule has 9 aromatic carbocycles. The van der Waals surface area contributed by atoms with Gasteiger partial charge in [-0.25, -0.2) is 15.0 Å². The highest BCUT2D eigenvalue weighted by Gasteiger charge is 2.22. The number of fused-ring (bicyclic) bond motifs is 11. The zero-order valence-electron chi connectivity index (χ0n) is 31.4. The maximum atomic E-state index is 6.60. The SMILES string of the molecule is c1ccc(-c2nc(-c3cccc4c3oc3ccccc34)nc(-c3cccc4oc5ccc(-n6c7cc8ccccc8cc7c7cc8ccccc8cc76)cc5c34)n2)cc1. The largest absolute Gasteiger partial charge is 0.456 e. The van der Waals surface area contributed by atoms with E-state index in [4.69, 9.17) is 23.8 Å². The highest BCUT2D eigenvalue weighted by molar-refractivity contribution is 6.18. The van der Waals surface area contributed by atoms with Gasteiger partial charge in [0.25, 0.3) is 0 Å². The van der Waals surface area contributed by atoms with Gasteiger partial charge >= 0.3 is 0 Å². The molecule has 6 nitrogen and oxygen atoms in total. The molecular formula is C53H30N4O2. The minimum absolute atomic E-state index is 0.536. The summed E-state index contributed by atoms with van der Waals surface area (Å²) in [5, 5.41) is 11.3. The molecule has 0 amide bonds. The van der Waals surface area contributed by atoms with Crippen LogP contribution in [0.15, 0.2) is 191 Å². The van der Waals surface area contributed by atoms with Crippen molar-refractivity contribution in [1.82, 2.24) is 19.5 Å². The van der Waals surface area contributed by atoms with Crippen LogP contribution in [0, 0.1) is 0 Å². The van der Waals surface area contributed by atoms with Crippen LogP contribution in [0.3, 0.4) is 0 Å². The zero-order valence-corrected chi connectivity index (χ0v) is 31.4. The number of para-hydroxylation sites is 2. The molecule has 6 heteroatoms. The summed E-state index contributed by atoms with van der Waals surface area (Å²) in [6.07, 6.45) is 0. The Morgan fingerprint density at radius 1 is 0.356 bits per heavy atom. The van der Waals surface area contributed by atoms with E-state index in [2.05, 4.69) is 114 Å². The fourth-order valence-corrected chi connectivity index (χ4v) is 9.06. The first kappa shape index (κ1) is 32.0. The summed E-state index contributed by atoms with van der Waals surface area (Å²) < 4.78 is 15.5. The standard InChI is InChI=1S/C53H30N4O2/c1-2-12-31(13-3-1)51-54-52(56-53(55-51)40-21-10-19-38-37-18-8-9-22-46(37)59-50(38)40)39-20-11-23-48-49(39)43-30-36(24-25-47(43)58-48)57-44-28-34-16-6-4-14-32(34)26-41(44)42-27-33-15-5-7-17-35(33)29-45(42)57/h1-30H. The molecule has 59 heavy (non-hydrogen) atoms. The summed E-state index contributed by atoms with van der Waals surface area (Å²) in [5.41, 5.74) is 9.01. The summed E-state index contributed by atoms with van der Waals surface area (Å²) >= 11 is 0. The second kappa shape index (κ2) is 12.2. The maximum Gasteiger partial charge on any atom is 0.167 e. The van der Waals surface area contributed by atoms with Gasteiger partial charge in [-0.1, -0.05) is 121 Å². The van der Waals surface area contributed by atoms with Crippen molar-refractivity contribution in [3.63, 3.8) is 0 Å². The van der Waals surface area contributed by atoms with Crippen molar-refractivity contribution in [2.75, 3.05) is 0 Å². The lowest BCUT2D eigenvalue weighted by Gasteiger charge is -2.11. The molecule has 274 valence electrons. The number of benzene rings is 9. The van der Waals surface area contributed by atoms with Crippen LogP contribution in [-0.4, -0.2) is 19.5 Å². The Morgan fingerprint density at radius 3 is 1.66 bits per heavy atom. The minimum Gasteiger partial charge on any atom is -0.456 e. The van der Waals surface area contributed by atoms with E-state index < -0.39 is 0 Å². The summed E-state index contributed by atoms with van der Waals surface area (Å²) in [7, 11) is 0. The average Bonchev–Trinajstić information content (AvgIpc) is 3.96. The van der Waals surface area contributed by atoms with Crippen molar-refractivity contribution >= 4 is 87.2 Å². The van der Waals surface area contributed by atoms with Crippen molar-refractivity contribution in [3.8, 4) is 39.9 Å². The highest BCUT2D eigenvalue weighted by Crippen LogP contribution is 2.42. The lowest BCUT2D eigenvalue weighted by atomic mass is 10.0. The van der Waals surface area contributed by atoms with Crippen LogP contribution < -0.4 is 0 Å². The van der Waals surface area contributed by atoms with Gasteiger partial charge in [0.1, 0.15) is 22.3 Å². The number of nitrogens with zero attached hydrogens (tertiary/aromatic N) is 4. The third kappa shape index (κ3) is 4.84. The molecule has 0 aliphatic heterocycles. The highest BCUT2D eigenvalue weighted by atomic mass is 16.3. The number of hydrogen-bond donors (Lipinski definition) is 0. The van der Waals surface area contributed by atoms with Crippen LogP contribution in [0.2, 0.25) is 0 Å². The Labute approximate surface area is 336 Å². The van der Waals surface area contributed by atoms with Gasteiger partial charge in [0, 0.05) is 49.1 Å². The van der Waals surface area contributed by atoms with E-state index in [1.54, 1.807) is 0 Å². The van der Waals surface area contributed by atoms with Crippen LogP contribution in [-0.2, 0) is 0 Å². The van der Waals surface area contributed by atoms with Gasteiger partial charge in [-0.05, 0) is 82.2 Å². The number of rotatable bonds is 4. The van der Waals surface area contributed by atoms with E-state index in [1.165, 1.54) is 32.3 Å². The summed E-state index contributed by atoms with van der Waals surface area (Å²) in [6.45, 7) is 0. The Morgan fingerprint density at radius 2 is 0.915 bits per heavy atom. The van der Waals surface area contributed by atoms with Gasteiger partial charge in [0.15, 0.2) is 17.5 Å². The third-order valence-electron chi connectivity index (χ3n) is 11.8.